The number of morpholine rings is 1. The molecule has 1 amide bonds. The van der Waals surface area contributed by atoms with Gasteiger partial charge in [-0.05, 0) is 6.07 Å². The maximum atomic E-state index is 12.2. The number of carbonyl (C=O) groups excluding carboxylic acids is 1. The van der Waals surface area contributed by atoms with Crippen LogP contribution in [-0.2, 0) is 4.74 Å². The normalized spacial score (nSPS) is 16.9. The number of amides is 1. The quantitative estimate of drug-likeness (QED) is 0.834. The van der Waals surface area contributed by atoms with E-state index in [4.69, 9.17) is 4.74 Å². The second-order valence-corrected chi connectivity index (χ2v) is 4.29. The molecule has 0 spiro atoms. The number of benzene rings is 1. The molecule has 2 heterocycles. The topological polar surface area (TPSA) is 57.4 Å². The number of aromatic nitrogens is 1. The molecule has 1 aromatic heterocycles. The summed E-state index contributed by atoms with van der Waals surface area (Å²) in [6.45, 7) is 2.78. The molecule has 5 heteroatoms. The molecule has 2 N–H and O–H groups in total. The van der Waals surface area contributed by atoms with Crippen molar-refractivity contribution in [2.45, 2.75) is 0 Å². The first-order chi connectivity index (χ1) is 8.84. The number of ether oxygens (including phenoxy) is 1. The third-order valence-corrected chi connectivity index (χ3v) is 3.10. The monoisotopic (exact) mass is 245 g/mol. The number of aromatic amines is 1. The lowest BCUT2D eigenvalue weighted by atomic mass is 10.2. The summed E-state index contributed by atoms with van der Waals surface area (Å²) in [5.41, 5.74) is 4.56. The summed E-state index contributed by atoms with van der Waals surface area (Å²) in [6, 6.07) is 7.78. The van der Waals surface area contributed by atoms with Crippen LogP contribution in [-0.4, -0.2) is 42.2 Å². The summed E-state index contributed by atoms with van der Waals surface area (Å²) in [5.74, 6) is -0.0747. The van der Waals surface area contributed by atoms with Crippen LogP contribution >= 0.6 is 0 Å². The first-order valence-corrected chi connectivity index (χ1v) is 6.04. The van der Waals surface area contributed by atoms with Gasteiger partial charge in [0.15, 0.2) is 0 Å². The molecule has 0 saturated carbocycles. The maximum Gasteiger partial charge on any atom is 0.267 e. The number of nitrogens with zero attached hydrogens (tertiary/aromatic N) is 1. The second kappa shape index (κ2) is 4.80. The van der Waals surface area contributed by atoms with E-state index in [-0.39, 0.29) is 5.91 Å². The Kier molecular flexibility index (Phi) is 3.00. The molecule has 18 heavy (non-hydrogen) atoms. The molecule has 1 fully saturated rings. The molecule has 0 atom stereocenters. The molecule has 1 aromatic carbocycles. The van der Waals surface area contributed by atoms with Crippen molar-refractivity contribution in [2.24, 2.45) is 0 Å². The Bertz CT molecular complexity index is 558. The van der Waals surface area contributed by atoms with Crippen molar-refractivity contribution in [2.75, 3.05) is 26.3 Å². The number of para-hydroxylation sites is 1. The van der Waals surface area contributed by atoms with Crippen LogP contribution in [0.5, 0.6) is 0 Å². The average molecular weight is 245 g/mol. The lowest BCUT2D eigenvalue weighted by molar-refractivity contribution is 0.0127. The SMILES string of the molecule is O=C(NN1CCOCC1)c1c[nH]c2ccccc12. The molecule has 0 radical (unpaired) electrons. The average Bonchev–Trinajstić information content (AvgIpc) is 2.84. The van der Waals surface area contributed by atoms with E-state index in [1.54, 1.807) is 6.20 Å². The Labute approximate surface area is 105 Å². The van der Waals surface area contributed by atoms with Crippen LogP contribution in [0, 0.1) is 0 Å². The van der Waals surface area contributed by atoms with Crippen LogP contribution < -0.4 is 5.43 Å². The fourth-order valence-corrected chi connectivity index (χ4v) is 2.14. The van der Waals surface area contributed by atoms with Gasteiger partial charge in [0.1, 0.15) is 0 Å². The van der Waals surface area contributed by atoms with Gasteiger partial charge in [-0.3, -0.25) is 10.2 Å². The third kappa shape index (κ3) is 2.10. The zero-order valence-electron chi connectivity index (χ0n) is 9.98. The highest BCUT2D eigenvalue weighted by Gasteiger charge is 2.16. The molecule has 0 aliphatic carbocycles. The summed E-state index contributed by atoms with van der Waals surface area (Å²) < 4.78 is 5.24. The summed E-state index contributed by atoms with van der Waals surface area (Å²) in [4.78, 5) is 15.3. The fraction of sp³-hybridized carbons (Fsp3) is 0.308. The van der Waals surface area contributed by atoms with E-state index in [9.17, 15) is 4.79 Å². The highest BCUT2D eigenvalue weighted by atomic mass is 16.5. The van der Waals surface area contributed by atoms with E-state index in [0.717, 1.165) is 24.0 Å². The molecule has 5 nitrogen and oxygen atoms in total. The van der Waals surface area contributed by atoms with Gasteiger partial charge in [-0.25, -0.2) is 5.01 Å². The van der Waals surface area contributed by atoms with Crippen LogP contribution in [0.25, 0.3) is 10.9 Å². The van der Waals surface area contributed by atoms with Crippen molar-refractivity contribution in [3.8, 4) is 0 Å². The number of nitrogens with one attached hydrogen (secondary N) is 2. The van der Waals surface area contributed by atoms with Crippen molar-refractivity contribution in [1.82, 2.24) is 15.4 Å². The van der Waals surface area contributed by atoms with E-state index in [0.29, 0.717) is 18.8 Å². The van der Waals surface area contributed by atoms with Crippen molar-refractivity contribution in [1.29, 1.82) is 0 Å². The van der Waals surface area contributed by atoms with Crippen LogP contribution in [0.1, 0.15) is 10.4 Å². The van der Waals surface area contributed by atoms with E-state index >= 15 is 0 Å². The van der Waals surface area contributed by atoms with Gasteiger partial charge in [0.05, 0.1) is 18.8 Å². The maximum absolute atomic E-state index is 12.2. The summed E-state index contributed by atoms with van der Waals surface area (Å²) in [5, 5.41) is 2.84. The highest BCUT2D eigenvalue weighted by Crippen LogP contribution is 2.17. The van der Waals surface area contributed by atoms with E-state index in [2.05, 4.69) is 10.4 Å². The van der Waals surface area contributed by atoms with E-state index in [1.165, 1.54) is 0 Å². The molecule has 1 aliphatic rings. The molecule has 3 rings (SSSR count). The number of hydrogen-bond donors (Lipinski definition) is 2. The van der Waals surface area contributed by atoms with Crippen LogP contribution in [0.15, 0.2) is 30.5 Å². The summed E-state index contributed by atoms with van der Waals surface area (Å²) >= 11 is 0. The molecule has 2 aromatic rings. The molecular formula is C13H15N3O2. The van der Waals surface area contributed by atoms with Gasteiger partial charge in [-0.15, -0.1) is 0 Å². The summed E-state index contributed by atoms with van der Waals surface area (Å²) in [6.07, 6.45) is 1.75. The molecule has 0 bridgehead atoms. The largest absolute Gasteiger partial charge is 0.379 e. The smallest absolute Gasteiger partial charge is 0.267 e. The lowest BCUT2D eigenvalue weighted by Crippen LogP contribution is -2.48. The standard InChI is InChI=1S/C13H15N3O2/c17-13(15-16-5-7-18-8-6-16)11-9-14-12-4-2-1-3-10(11)12/h1-4,9,14H,5-8H2,(H,15,17). The van der Waals surface area contributed by atoms with Crippen LogP contribution in [0.2, 0.25) is 0 Å². The number of hydrogen-bond acceptors (Lipinski definition) is 3. The number of fused-ring (bicyclic) bond motifs is 1. The predicted molar refractivity (Wildman–Crippen MR) is 68.2 cm³/mol. The van der Waals surface area contributed by atoms with Gasteiger partial charge >= 0.3 is 0 Å². The van der Waals surface area contributed by atoms with Gasteiger partial charge in [-0.2, -0.15) is 0 Å². The van der Waals surface area contributed by atoms with Crippen molar-refractivity contribution in [3.05, 3.63) is 36.0 Å². The Morgan fingerprint density at radius 2 is 2.06 bits per heavy atom. The van der Waals surface area contributed by atoms with Crippen LogP contribution in [0.3, 0.4) is 0 Å². The summed E-state index contributed by atoms with van der Waals surface area (Å²) in [7, 11) is 0. The zero-order valence-corrected chi connectivity index (χ0v) is 9.98. The van der Waals surface area contributed by atoms with E-state index < -0.39 is 0 Å². The Hall–Kier alpha value is -1.85. The minimum atomic E-state index is -0.0747. The van der Waals surface area contributed by atoms with Gasteiger partial charge in [0.2, 0.25) is 0 Å². The van der Waals surface area contributed by atoms with Gasteiger partial charge in [0.25, 0.3) is 5.91 Å². The van der Waals surface area contributed by atoms with Gasteiger partial charge < -0.3 is 9.72 Å². The molecule has 0 unspecified atom stereocenters. The minimum absolute atomic E-state index is 0.0747. The molecular weight excluding hydrogens is 230 g/mol. The minimum Gasteiger partial charge on any atom is -0.379 e. The van der Waals surface area contributed by atoms with Crippen molar-refractivity contribution >= 4 is 16.8 Å². The van der Waals surface area contributed by atoms with Gasteiger partial charge in [0, 0.05) is 30.2 Å². The fourth-order valence-electron chi connectivity index (χ4n) is 2.14. The van der Waals surface area contributed by atoms with E-state index in [1.807, 2.05) is 29.3 Å². The Balaban J connectivity index is 1.79. The molecule has 1 saturated heterocycles. The number of rotatable bonds is 2. The third-order valence-electron chi connectivity index (χ3n) is 3.10. The number of carbonyl (C=O) groups is 1. The Morgan fingerprint density at radius 3 is 2.89 bits per heavy atom. The first kappa shape index (κ1) is 11.3. The Morgan fingerprint density at radius 1 is 1.28 bits per heavy atom. The number of hydrazine groups is 1. The van der Waals surface area contributed by atoms with Crippen molar-refractivity contribution < 1.29 is 9.53 Å². The van der Waals surface area contributed by atoms with Crippen molar-refractivity contribution in [3.63, 3.8) is 0 Å². The lowest BCUT2D eigenvalue weighted by Gasteiger charge is -2.26. The number of H-pyrrole nitrogens is 1. The first-order valence-electron chi connectivity index (χ1n) is 6.04. The second-order valence-electron chi connectivity index (χ2n) is 4.29. The molecule has 94 valence electrons. The zero-order chi connectivity index (χ0) is 12.4. The predicted octanol–water partition coefficient (Wildman–Crippen LogP) is 1.14. The van der Waals surface area contributed by atoms with Gasteiger partial charge in [-0.1, -0.05) is 18.2 Å². The molecule has 1 aliphatic heterocycles. The van der Waals surface area contributed by atoms with Crippen LogP contribution in [0.4, 0.5) is 0 Å². The highest BCUT2D eigenvalue weighted by molar-refractivity contribution is 6.06.